The normalized spacial score (nSPS) is 10.5. The van der Waals surface area contributed by atoms with Crippen molar-refractivity contribution in [2.75, 3.05) is 21.3 Å². The zero-order valence-electron chi connectivity index (χ0n) is 15.2. The quantitative estimate of drug-likeness (QED) is 0.576. The van der Waals surface area contributed by atoms with E-state index in [2.05, 4.69) is 31.2 Å². The second-order valence-corrected chi connectivity index (χ2v) is 6.86. The van der Waals surface area contributed by atoms with E-state index < -0.39 is 0 Å². The molecule has 0 saturated carbocycles. The van der Waals surface area contributed by atoms with Gasteiger partial charge in [0.15, 0.2) is 11.5 Å². The summed E-state index contributed by atoms with van der Waals surface area (Å²) in [5.74, 6) is 1.32. The SMILES string of the molecule is COc1cc(C(=O)c2ccc(-c3ccc(C)cc3)s2)cc(OC)c1OC. The Morgan fingerprint density at radius 1 is 0.846 bits per heavy atom. The van der Waals surface area contributed by atoms with Gasteiger partial charge in [0.2, 0.25) is 11.5 Å². The van der Waals surface area contributed by atoms with Crippen molar-refractivity contribution in [3.8, 4) is 27.7 Å². The molecule has 0 aliphatic carbocycles. The van der Waals surface area contributed by atoms with Gasteiger partial charge in [-0.1, -0.05) is 29.8 Å². The number of carbonyl (C=O) groups is 1. The number of hydrogen-bond acceptors (Lipinski definition) is 5. The fourth-order valence-electron chi connectivity index (χ4n) is 2.69. The Morgan fingerprint density at radius 2 is 1.46 bits per heavy atom. The zero-order chi connectivity index (χ0) is 18.7. The maximum Gasteiger partial charge on any atom is 0.203 e. The number of ketones is 1. The van der Waals surface area contributed by atoms with Crippen molar-refractivity contribution in [2.24, 2.45) is 0 Å². The molecule has 0 radical (unpaired) electrons. The van der Waals surface area contributed by atoms with E-state index in [0.717, 1.165) is 10.4 Å². The van der Waals surface area contributed by atoms with E-state index in [1.165, 1.54) is 38.2 Å². The summed E-state index contributed by atoms with van der Waals surface area (Å²) in [6, 6.07) is 15.4. The standard InChI is InChI=1S/C21H20O4S/c1-13-5-7-14(8-6-13)18-9-10-19(26-18)20(22)15-11-16(23-2)21(25-4)17(12-15)24-3/h5-12H,1-4H3. The fraction of sp³-hybridized carbons (Fsp3) is 0.190. The van der Waals surface area contributed by atoms with E-state index in [-0.39, 0.29) is 5.78 Å². The number of benzene rings is 2. The molecule has 0 bridgehead atoms. The fourth-order valence-corrected chi connectivity index (χ4v) is 3.66. The highest BCUT2D eigenvalue weighted by atomic mass is 32.1. The number of ether oxygens (including phenoxy) is 3. The minimum Gasteiger partial charge on any atom is -0.493 e. The molecule has 0 saturated heterocycles. The maximum absolute atomic E-state index is 12.9. The Labute approximate surface area is 157 Å². The van der Waals surface area contributed by atoms with Gasteiger partial charge in [-0.2, -0.15) is 0 Å². The molecule has 0 atom stereocenters. The summed E-state index contributed by atoms with van der Waals surface area (Å²) in [6.45, 7) is 2.05. The molecule has 5 heteroatoms. The van der Waals surface area contributed by atoms with Gasteiger partial charge in [0, 0.05) is 10.4 Å². The molecule has 0 amide bonds. The second kappa shape index (κ2) is 7.62. The molecule has 0 N–H and O–H groups in total. The van der Waals surface area contributed by atoms with Gasteiger partial charge in [-0.05, 0) is 36.8 Å². The number of aryl methyl sites for hydroxylation is 1. The monoisotopic (exact) mass is 368 g/mol. The first kappa shape index (κ1) is 18.0. The summed E-state index contributed by atoms with van der Waals surface area (Å²) < 4.78 is 16.0. The number of carbonyl (C=O) groups excluding carboxylic acids is 1. The van der Waals surface area contributed by atoms with E-state index >= 15 is 0 Å². The van der Waals surface area contributed by atoms with Gasteiger partial charge in [0.25, 0.3) is 0 Å². The van der Waals surface area contributed by atoms with Crippen molar-refractivity contribution in [2.45, 2.75) is 6.92 Å². The lowest BCUT2D eigenvalue weighted by molar-refractivity contribution is 0.104. The lowest BCUT2D eigenvalue weighted by Crippen LogP contribution is -2.02. The maximum atomic E-state index is 12.9. The molecule has 0 fully saturated rings. The summed E-state index contributed by atoms with van der Waals surface area (Å²) in [5.41, 5.74) is 2.81. The lowest BCUT2D eigenvalue weighted by atomic mass is 10.1. The molecule has 4 nitrogen and oxygen atoms in total. The molecule has 26 heavy (non-hydrogen) atoms. The smallest absolute Gasteiger partial charge is 0.203 e. The van der Waals surface area contributed by atoms with Crippen LogP contribution in [0.1, 0.15) is 20.8 Å². The summed E-state index contributed by atoms with van der Waals surface area (Å²) >= 11 is 1.47. The van der Waals surface area contributed by atoms with Crippen LogP contribution in [0.5, 0.6) is 17.2 Å². The van der Waals surface area contributed by atoms with E-state index in [4.69, 9.17) is 14.2 Å². The summed E-state index contributed by atoms with van der Waals surface area (Å²) in [4.78, 5) is 14.7. The number of methoxy groups -OCH3 is 3. The van der Waals surface area contributed by atoms with Crippen LogP contribution in [0.25, 0.3) is 10.4 Å². The first-order valence-corrected chi connectivity index (χ1v) is 8.90. The third-order valence-corrected chi connectivity index (χ3v) is 5.23. The van der Waals surface area contributed by atoms with Gasteiger partial charge in [-0.3, -0.25) is 4.79 Å². The van der Waals surface area contributed by atoms with Crippen LogP contribution in [-0.2, 0) is 0 Å². The van der Waals surface area contributed by atoms with Crippen LogP contribution in [0.3, 0.4) is 0 Å². The molecule has 134 valence electrons. The van der Waals surface area contributed by atoms with Crippen LogP contribution in [0.2, 0.25) is 0 Å². The van der Waals surface area contributed by atoms with Crippen LogP contribution < -0.4 is 14.2 Å². The molecule has 1 aromatic heterocycles. The number of hydrogen-bond donors (Lipinski definition) is 0. The highest BCUT2D eigenvalue weighted by Gasteiger charge is 2.19. The van der Waals surface area contributed by atoms with Crippen molar-refractivity contribution in [1.82, 2.24) is 0 Å². The second-order valence-electron chi connectivity index (χ2n) is 5.77. The summed E-state index contributed by atoms with van der Waals surface area (Å²) in [6.07, 6.45) is 0. The predicted octanol–water partition coefficient (Wildman–Crippen LogP) is 4.98. The van der Waals surface area contributed by atoms with Crippen molar-refractivity contribution in [3.05, 3.63) is 64.5 Å². The Morgan fingerprint density at radius 3 is 2.00 bits per heavy atom. The topological polar surface area (TPSA) is 44.8 Å². The highest BCUT2D eigenvalue weighted by Crippen LogP contribution is 2.39. The Balaban J connectivity index is 1.96. The first-order valence-electron chi connectivity index (χ1n) is 8.09. The Hall–Kier alpha value is -2.79. The van der Waals surface area contributed by atoms with Crippen molar-refractivity contribution in [1.29, 1.82) is 0 Å². The molecule has 1 heterocycles. The summed E-state index contributed by atoms with van der Waals surface area (Å²) in [7, 11) is 4.60. The summed E-state index contributed by atoms with van der Waals surface area (Å²) in [5, 5.41) is 0. The van der Waals surface area contributed by atoms with Gasteiger partial charge < -0.3 is 14.2 Å². The third-order valence-electron chi connectivity index (χ3n) is 4.09. The molecular formula is C21H20O4S. The zero-order valence-corrected chi connectivity index (χ0v) is 16.0. The highest BCUT2D eigenvalue weighted by molar-refractivity contribution is 7.17. The first-order chi connectivity index (χ1) is 12.6. The average Bonchev–Trinajstić information content (AvgIpc) is 3.16. The minimum atomic E-state index is -0.0763. The minimum absolute atomic E-state index is 0.0763. The van der Waals surface area contributed by atoms with E-state index in [0.29, 0.717) is 27.7 Å². The van der Waals surface area contributed by atoms with E-state index in [1.54, 1.807) is 12.1 Å². The Kier molecular flexibility index (Phi) is 5.28. The van der Waals surface area contributed by atoms with Gasteiger partial charge in [0.05, 0.1) is 26.2 Å². The molecular weight excluding hydrogens is 348 g/mol. The average molecular weight is 368 g/mol. The third kappa shape index (κ3) is 3.44. The predicted molar refractivity (Wildman–Crippen MR) is 104 cm³/mol. The van der Waals surface area contributed by atoms with Crippen LogP contribution in [-0.4, -0.2) is 27.1 Å². The van der Waals surface area contributed by atoms with Crippen LogP contribution >= 0.6 is 11.3 Å². The Bertz CT molecular complexity index is 900. The van der Waals surface area contributed by atoms with Crippen LogP contribution in [0.4, 0.5) is 0 Å². The molecule has 0 aliphatic heterocycles. The molecule has 3 rings (SSSR count). The van der Waals surface area contributed by atoms with Crippen molar-refractivity contribution >= 4 is 17.1 Å². The number of thiophene rings is 1. The molecule has 0 unspecified atom stereocenters. The van der Waals surface area contributed by atoms with Crippen LogP contribution in [0, 0.1) is 6.92 Å². The molecule has 3 aromatic rings. The molecule has 0 spiro atoms. The van der Waals surface area contributed by atoms with Gasteiger partial charge >= 0.3 is 0 Å². The van der Waals surface area contributed by atoms with E-state index in [1.807, 2.05) is 12.1 Å². The van der Waals surface area contributed by atoms with Gasteiger partial charge in [0.1, 0.15) is 0 Å². The molecule has 0 aliphatic rings. The largest absolute Gasteiger partial charge is 0.493 e. The van der Waals surface area contributed by atoms with Crippen LogP contribution in [0.15, 0.2) is 48.5 Å². The van der Waals surface area contributed by atoms with Gasteiger partial charge in [-0.15, -0.1) is 11.3 Å². The molecule has 2 aromatic carbocycles. The van der Waals surface area contributed by atoms with Crippen molar-refractivity contribution < 1.29 is 19.0 Å². The van der Waals surface area contributed by atoms with Crippen molar-refractivity contribution in [3.63, 3.8) is 0 Å². The lowest BCUT2D eigenvalue weighted by Gasteiger charge is -2.13. The number of rotatable bonds is 6. The van der Waals surface area contributed by atoms with Gasteiger partial charge in [-0.25, -0.2) is 0 Å². The van der Waals surface area contributed by atoms with E-state index in [9.17, 15) is 4.79 Å².